The van der Waals surface area contributed by atoms with E-state index in [4.69, 9.17) is 16.0 Å². The van der Waals surface area contributed by atoms with Crippen LogP contribution in [0, 0.1) is 0 Å². The fraction of sp³-hybridized carbons (Fsp3) is 0.625. The third-order valence-electron chi connectivity index (χ3n) is 2.20. The van der Waals surface area contributed by atoms with Gasteiger partial charge in [-0.2, -0.15) is 0 Å². The zero-order valence-electron chi connectivity index (χ0n) is 6.22. The molecule has 0 spiro atoms. The number of aromatic nitrogens is 1. The molecule has 1 aliphatic carbocycles. The van der Waals surface area contributed by atoms with E-state index in [1.54, 1.807) is 6.20 Å². The molecule has 0 amide bonds. The van der Waals surface area contributed by atoms with Crippen LogP contribution in [-0.4, -0.2) is 4.98 Å². The second-order valence-corrected chi connectivity index (χ2v) is 3.36. The van der Waals surface area contributed by atoms with Crippen molar-refractivity contribution in [2.45, 2.75) is 31.6 Å². The van der Waals surface area contributed by atoms with Crippen LogP contribution < -0.4 is 0 Å². The van der Waals surface area contributed by atoms with Gasteiger partial charge in [-0.25, -0.2) is 4.98 Å². The predicted octanol–water partition coefficient (Wildman–Crippen LogP) is 2.99. The van der Waals surface area contributed by atoms with Gasteiger partial charge in [0, 0.05) is 5.92 Å². The summed E-state index contributed by atoms with van der Waals surface area (Å²) in [5, 5.41) is 0.409. The Morgan fingerprint density at radius 3 is 2.73 bits per heavy atom. The average Bonchev–Trinajstić information content (AvgIpc) is 2.55. The molecule has 2 rings (SSSR count). The van der Waals surface area contributed by atoms with Crippen molar-refractivity contribution in [3.63, 3.8) is 0 Å². The maximum Gasteiger partial charge on any atom is 0.213 e. The standard InChI is InChI=1S/C8H10ClNO/c9-7-5-10-8(11-7)6-3-1-2-4-6/h5-6H,1-4H2. The van der Waals surface area contributed by atoms with E-state index in [9.17, 15) is 0 Å². The number of oxazole rings is 1. The maximum atomic E-state index is 5.61. The molecule has 0 aliphatic heterocycles. The lowest BCUT2D eigenvalue weighted by Crippen LogP contribution is -1.90. The van der Waals surface area contributed by atoms with E-state index < -0.39 is 0 Å². The van der Waals surface area contributed by atoms with Crippen LogP contribution in [0.15, 0.2) is 10.6 Å². The fourth-order valence-electron chi connectivity index (χ4n) is 1.63. The van der Waals surface area contributed by atoms with Gasteiger partial charge in [-0.15, -0.1) is 0 Å². The van der Waals surface area contributed by atoms with Gasteiger partial charge in [0.2, 0.25) is 5.22 Å². The second-order valence-electron chi connectivity index (χ2n) is 2.98. The predicted molar refractivity (Wildman–Crippen MR) is 42.7 cm³/mol. The largest absolute Gasteiger partial charge is 0.429 e. The Hall–Kier alpha value is -0.500. The highest BCUT2D eigenvalue weighted by Gasteiger charge is 2.21. The minimum Gasteiger partial charge on any atom is -0.429 e. The number of nitrogens with zero attached hydrogens (tertiary/aromatic N) is 1. The normalized spacial score (nSPS) is 19.4. The van der Waals surface area contributed by atoms with E-state index in [1.807, 2.05) is 0 Å². The summed E-state index contributed by atoms with van der Waals surface area (Å²) in [6, 6.07) is 0. The highest BCUT2D eigenvalue weighted by molar-refractivity contribution is 6.28. The molecule has 0 unspecified atom stereocenters. The lowest BCUT2D eigenvalue weighted by Gasteiger charge is -2.00. The fourth-order valence-corrected chi connectivity index (χ4v) is 1.76. The van der Waals surface area contributed by atoms with Gasteiger partial charge in [-0.1, -0.05) is 12.8 Å². The van der Waals surface area contributed by atoms with Crippen LogP contribution in [-0.2, 0) is 0 Å². The maximum absolute atomic E-state index is 5.61. The summed E-state index contributed by atoms with van der Waals surface area (Å²) in [5.41, 5.74) is 0. The molecule has 1 saturated carbocycles. The lowest BCUT2D eigenvalue weighted by molar-refractivity contribution is 0.450. The molecule has 1 aromatic heterocycles. The van der Waals surface area contributed by atoms with Crippen LogP contribution in [0.1, 0.15) is 37.5 Å². The van der Waals surface area contributed by atoms with Crippen LogP contribution in [0.2, 0.25) is 5.22 Å². The van der Waals surface area contributed by atoms with Crippen molar-refractivity contribution >= 4 is 11.6 Å². The molecule has 0 aromatic carbocycles. The first-order chi connectivity index (χ1) is 5.36. The average molecular weight is 172 g/mol. The van der Waals surface area contributed by atoms with E-state index in [0.29, 0.717) is 11.1 Å². The molecule has 2 nitrogen and oxygen atoms in total. The monoisotopic (exact) mass is 171 g/mol. The molecule has 1 fully saturated rings. The Morgan fingerprint density at radius 2 is 2.18 bits per heavy atom. The molecule has 0 saturated heterocycles. The quantitative estimate of drug-likeness (QED) is 0.649. The van der Waals surface area contributed by atoms with Gasteiger partial charge in [-0.3, -0.25) is 0 Å². The van der Waals surface area contributed by atoms with E-state index >= 15 is 0 Å². The summed E-state index contributed by atoms with van der Waals surface area (Å²) in [7, 11) is 0. The van der Waals surface area contributed by atoms with Crippen LogP contribution in [0.25, 0.3) is 0 Å². The van der Waals surface area contributed by atoms with E-state index in [0.717, 1.165) is 5.89 Å². The van der Waals surface area contributed by atoms with Crippen LogP contribution >= 0.6 is 11.6 Å². The molecule has 3 heteroatoms. The van der Waals surface area contributed by atoms with Crippen molar-refractivity contribution < 1.29 is 4.42 Å². The van der Waals surface area contributed by atoms with Crippen LogP contribution in [0.4, 0.5) is 0 Å². The summed E-state index contributed by atoms with van der Waals surface area (Å²) in [5.74, 6) is 1.36. The molecule has 0 radical (unpaired) electrons. The lowest BCUT2D eigenvalue weighted by atomic mass is 10.1. The number of hydrogen-bond donors (Lipinski definition) is 0. The molecule has 60 valence electrons. The van der Waals surface area contributed by atoms with Crippen LogP contribution in [0.3, 0.4) is 0 Å². The number of halogens is 1. The first-order valence-corrected chi connectivity index (χ1v) is 4.35. The van der Waals surface area contributed by atoms with Gasteiger partial charge in [0.1, 0.15) is 0 Å². The molecule has 0 N–H and O–H groups in total. The third kappa shape index (κ3) is 1.41. The van der Waals surface area contributed by atoms with Crippen molar-refractivity contribution in [2.24, 2.45) is 0 Å². The number of rotatable bonds is 1. The van der Waals surface area contributed by atoms with Crippen molar-refractivity contribution in [3.8, 4) is 0 Å². The summed E-state index contributed by atoms with van der Waals surface area (Å²) in [4.78, 5) is 4.10. The molecular weight excluding hydrogens is 162 g/mol. The Labute approximate surface area is 70.6 Å². The minimum atomic E-state index is 0.409. The summed E-state index contributed by atoms with van der Waals surface area (Å²) >= 11 is 5.61. The Balaban J connectivity index is 2.15. The van der Waals surface area contributed by atoms with Gasteiger partial charge in [-0.05, 0) is 24.4 Å². The van der Waals surface area contributed by atoms with Crippen molar-refractivity contribution in [1.29, 1.82) is 0 Å². The summed E-state index contributed by atoms with van der Waals surface area (Å²) in [6.07, 6.45) is 6.58. The van der Waals surface area contributed by atoms with Gasteiger partial charge in [0.25, 0.3) is 0 Å². The topological polar surface area (TPSA) is 26.0 Å². The van der Waals surface area contributed by atoms with Crippen molar-refractivity contribution in [1.82, 2.24) is 4.98 Å². The van der Waals surface area contributed by atoms with Crippen molar-refractivity contribution in [2.75, 3.05) is 0 Å². The third-order valence-corrected chi connectivity index (χ3v) is 2.37. The van der Waals surface area contributed by atoms with Gasteiger partial charge in [0.15, 0.2) is 5.89 Å². The minimum absolute atomic E-state index is 0.409. The molecule has 0 bridgehead atoms. The zero-order chi connectivity index (χ0) is 7.68. The molecule has 1 aromatic rings. The highest BCUT2D eigenvalue weighted by Crippen LogP contribution is 2.33. The first-order valence-electron chi connectivity index (χ1n) is 3.97. The molecule has 11 heavy (non-hydrogen) atoms. The van der Waals surface area contributed by atoms with E-state index in [1.165, 1.54) is 25.7 Å². The van der Waals surface area contributed by atoms with Gasteiger partial charge < -0.3 is 4.42 Å². The Kier molecular flexibility index (Phi) is 1.86. The SMILES string of the molecule is Clc1cnc(C2CCCC2)o1. The summed E-state index contributed by atoms with van der Waals surface area (Å²) < 4.78 is 5.22. The van der Waals surface area contributed by atoms with E-state index in [-0.39, 0.29) is 0 Å². The Morgan fingerprint density at radius 1 is 1.45 bits per heavy atom. The van der Waals surface area contributed by atoms with Gasteiger partial charge >= 0.3 is 0 Å². The highest BCUT2D eigenvalue weighted by atomic mass is 35.5. The van der Waals surface area contributed by atoms with E-state index in [2.05, 4.69) is 4.98 Å². The molecule has 1 heterocycles. The molecular formula is C8H10ClNO. The second kappa shape index (κ2) is 2.86. The smallest absolute Gasteiger partial charge is 0.213 e. The van der Waals surface area contributed by atoms with Crippen molar-refractivity contribution in [3.05, 3.63) is 17.3 Å². The number of hydrogen-bond acceptors (Lipinski definition) is 2. The van der Waals surface area contributed by atoms with Crippen LogP contribution in [0.5, 0.6) is 0 Å². The zero-order valence-corrected chi connectivity index (χ0v) is 6.97. The molecule has 1 aliphatic rings. The summed E-state index contributed by atoms with van der Waals surface area (Å²) in [6.45, 7) is 0. The van der Waals surface area contributed by atoms with Gasteiger partial charge in [0.05, 0.1) is 6.20 Å². The first kappa shape index (κ1) is 7.17. The molecule has 0 atom stereocenters. The Bertz CT molecular complexity index is 240.